The Bertz CT molecular complexity index is 316. The van der Waals surface area contributed by atoms with Crippen molar-refractivity contribution < 1.29 is 19.8 Å². The minimum Gasteiger partial charge on any atom is -0.480 e. The van der Waals surface area contributed by atoms with Crippen molar-refractivity contribution in [3.05, 3.63) is 12.2 Å². The molecule has 6 heteroatoms. The third-order valence-corrected chi connectivity index (χ3v) is 2.54. The summed E-state index contributed by atoms with van der Waals surface area (Å²) in [6.45, 7) is 3.81. The molecule has 0 rings (SSSR count). The number of carbonyl (C=O) groups excluding carboxylic acids is 1. The molecule has 0 aliphatic carbocycles. The largest absolute Gasteiger partial charge is 0.480 e. The van der Waals surface area contributed by atoms with E-state index in [-0.39, 0.29) is 25.7 Å². The Morgan fingerprint density at radius 3 is 2.50 bits per heavy atom. The van der Waals surface area contributed by atoms with E-state index < -0.39 is 12.1 Å². The molecule has 0 aliphatic rings. The van der Waals surface area contributed by atoms with Gasteiger partial charge in [0.15, 0.2) is 0 Å². The summed E-state index contributed by atoms with van der Waals surface area (Å²) in [5, 5.41) is 20.7. The van der Waals surface area contributed by atoms with Gasteiger partial charge in [-0.1, -0.05) is 25.5 Å². The van der Waals surface area contributed by atoms with Crippen molar-refractivity contribution in [1.82, 2.24) is 10.2 Å². The molecule has 20 heavy (non-hydrogen) atoms. The molecule has 0 fully saturated rings. The van der Waals surface area contributed by atoms with Crippen LogP contribution in [-0.4, -0.2) is 52.9 Å². The quantitative estimate of drug-likeness (QED) is 0.389. The molecule has 0 aromatic heterocycles. The number of nitrogens with one attached hydrogen (secondary N) is 1. The number of allylic oxidation sites excluding steroid dienone is 2. The molecule has 0 spiro atoms. The molecule has 116 valence electrons. The topological polar surface area (TPSA) is 89.9 Å². The summed E-state index contributed by atoms with van der Waals surface area (Å²) in [5.41, 5.74) is 0. The number of hydrogen-bond donors (Lipinski definition) is 3. The molecule has 6 nitrogen and oxygen atoms in total. The first kappa shape index (κ1) is 18.6. The van der Waals surface area contributed by atoms with Crippen LogP contribution in [0.25, 0.3) is 0 Å². The molecule has 1 atom stereocenters. The molecule has 3 N–H and O–H groups in total. The Balaban J connectivity index is 3.94. The number of aliphatic carboxylic acids is 1. The standard InChI is InChI=1S/C14H26N2O4/c1-3-4-5-6-7-8-13(18)15-11-16(9-12(2)17)10-14(19)20/h5-6,12,17H,3-4,7-11H2,1-2H3,(H,15,18)(H,19,20)/b6-5+. The van der Waals surface area contributed by atoms with Gasteiger partial charge in [-0.25, -0.2) is 0 Å². The van der Waals surface area contributed by atoms with Crippen LogP contribution in [0, 0.1) is 0 Å². The number of unbranched alkanes of at least 4 members (excludes halogenated alkanes) is 1. The van der Waals surface area contributed by atoms with Crippen LogP contribution in [0.3, 0.4) is 0 Å². The lowest BCUT2D eigenvalue weighted by atomic mass is 10.2. The van der Waals surface area contributed by atoms with Crippen LogP contribution in [0.4, 0.5) is 0 Å². The first-order valence-corrected chi connectivity index (χ1v) is 6.99. The Morgan fingerprint density at radius 2 is 1.95 bits per heavy atom. The fourth-order valence-electron chi connectivity index (χ4n) is 1.66. The summed E-state index contributed by atoms with van der Waals surface area (Å²) < 4.78 is 0. The molecule has 0 aromatic rings. The van der Waals surface area contributed by atoms with Crippen molar-refractivity contribution in [3.8, 4) is 0 Å². The van der Waals surface area contributed by atoms with E-state index in [1.807, 2.05) is 6.08 Å². The Hall–Kier alpha value is -1.40. The van der Waals surface area contributed by atoms with Gasteiger partial charge in [-0.2, -0.15) is 0 Å². The van der Waals surface area contributed by atoms with E-state index in [0.717, 1.165) is 12.8 Å². The van der Waals surface area contributed by atoms with Crippen LogP contribution >= 0.6 is 0 Å². The molecule has 0 bridgehead atoms. The normalized spacial score (nSPS) is 12.8. The van der Waals surface area contributed by atoms with Gasteiger partial charge >= 0.3 is 5.97 Å². The maximum atomic E-state index is 11.6. The summed E-state index contributed by atoms with van der Waals surface area (Å²) >= 11 is 0. The number of carboxylic acids is 1. The van der Waals surface area contributed by atoms with Gasteiger partial charge in [-0.05, 0) is 19.8 Å². The van der Waals surface area contributed by atoms with Gasteiger partial charge in [-0.15, -0.1) is 0 Å². The average molecular weight is 286 g/mol. The van der Waals surface area contributed by atoms with Crippen LogP contribution in [0.2, 0.25) is 0 Å². The number of aliphatic hydroxyl groups excluding tert-OH is 1. The summed E-state index contributed by atoms with van der Waals surface area (Å²) in [5.74, 6) is -1.10. The molecule has 1 unspecified atom stereocenters. The van der Waals surface area contributed by atoms with Crippen molar-refractivity contribution >= 4 is 11.9 Å². The van der Waals surface area contributed by atoms with Gasteiger partial charge in [0.05, 0.1) is 19.3 Å². The SMILES string of the molecule is CCC/C=C/CCC(=O)NCN(CC(=O)O)CC(C)O. The van der Waals surface area contributed by atoms with Crippen molar-refractivity contribution in [1.29, 1.82) is 0 Å². The third kappa shape index (κ3) is 11.7. The fraction of sp³-hybridized carbons (Fsp3) is 0.714. The molecule has 0 saturated heterocycles. The van der Waals surface area contributed by atoms with Crippen molar-refractivity contribution in [2.75, 3.05) is 19.8 Å². The zero-order valence-electron chi connectivity index (χ0n) is 12.3. The fourth-order valence-corrected chi connectivity index (χ4v) is 1.66. The summed E-state index contributed by atoms with van der Waals surface area (Å²) in [7, 11) is 0. The number of carbonyl (C=O) groups is 2. The van der Waals surface area contributed by atoms with Crippen molar-refractivity contribution in [2.45, 2.75) is 45.6 Å². The zero-order chi connectivity index (χ0) is 15.4. The maximum absolute atomic E-state index is 11.6. The summed E-state index contributed by atoms with van der Waals surface area (Å²) in [6.07, 6.45) is 6.57. The number of rotatable bonds is 11. The number of hydrogen-bond acceptors (Lipinski definition) is 4. The van der Waals surface area contributed by atoms with Gasteiger partial charge < -0.3 is 15.5 Å². The average Bonchev–Trinajstić information content (AvgIpc) is 2.34. The highest BCUT2D eigenvalue weighted by Crippen LogP contribution is 1.96. The maximum Gasteiger partial charge on any atom is 0.317 e. The minimum absolute atomic E-state index is 0.118. The third-order valence-electron chi connectivity index (χ3n) is 2.54. The molecule has 0 aliphatic heterocycles. The van der Waals surface area contributed by atoms with E-state index in [2.05, 4.69) is 18.3 Å². The second kappa shape index (κ2) is 11.4. The monoisotopic (exact) mass is 286 g/mol. The van der Waals surface area contributed by atoms with Crippen LogP contribution in [0.1, 0.15) is 39.5 Å². The number of amides is 1. The first-order chi connectivity index (χ1) is 9.45. The van der Waals surface area contributed by atoms with E-state index in [0.29, 0.717) is 12.8 Å². The number of nitrogens with zero attached hydrogens (tertiary/aromatic N) is 1. The van der Waals surface area contributed by atoms with Crippen molar-refractivity contribution in [2.24, 2.45) is 0 Å². The number of carboxylic acid groups (broad SMARTS) is 1. The second-order valence-electron chi connectivity index (χ2n) is 4.81. The molecular formula is C14H26N2O4. The lowest BCUT2D eigenvalue weighted by molar-refractivity contribution is -0.139. The van der Waals surface area contributed by atoms with Gasteiger partial charge in [0.25, 0.3) is 0 Å². The van der Waals surface area contributed by atoms with Gasteiger partial charge in [0, 0.05) is 13.0 Å². The summed E-state index contributed by atoms with van der Waals surface area (Å²) in [6, 6.07) is 0. The Labute approximate surface area is 120 Å². The molecule has 0 radical (unpaired) electrons. The van der Waals surface area contributed by atoms with Crippen molar-refractivity contribution in [3.63, 3.8) is 0 Å². The van der Waals surface area contributed by atoms with E-state index >= 15 is 0 Å². The first-order valence-electron chi connectivity index (χ1n) is 6.99. The molecule has 0 heterocycles. The molecule has 0 saturated carbocycles. The minimum atomic E-state index is -0.984. The van der Waals surface area contributed by atoms with Crippen LogP contribution in [-0.2, 0) is 9.59 Å². The lowest BCUT2D eigenvalue weighted by Crippen LogP contribution is -2.43. The molecule has 0 aromatic carbocycles. The predicted molar refractivity (Wildman–Crippen MR) is 77.2 cm³/mol. The molecular weight excluding hydrogens is 260 g/mol. The van der Waals surface area contributed by atoms with E-state index in [1.165, 1.54) is 4.90 Å². The predicted octanol–water partition coefficient (Wildman–Crippen LogP) is 0.964. The van der Waals surface area contributed by atoms with Crippen LogP contribution in [0.5, 0.6) is 0 Å². The van der Waals surface area contributed by atoms with E-state index in [1.54, 1.807) is 6.92 Å². The van der Waals surface area contributed by atoms with E-state index in [4.69, 9.17) is 5.11 Å². The highest BCUT2D eigenvalue weighted by molar-refractivity contribution is 5.76. The van der Waals surface area contributed by atoms with Gasteiger partial charge in [-0.3, -0.25) is 14.5 Å². The smallest absolute Gasteiger partial charge is 0.317 e. The van der Waals surface area contributed by atoms with Gasteiger partial charge in [0.2, 0.25) is 5.91 Å². The molecule has 1 amide bonds. The Morgan fingerprint density at radius 1 is 1.30 bits per heavy atom. The second-order valence-corrected chi connectivity index (χ2v) is 4.81. The lowest BCUT2D eigenvalue weighted by Gasteiger charge is -2.21. The summed E-state index contributed by atoms with van der Waals surface area (Å²) in [4.78, 5) is 23.7. The zero-order valence-corrected chi connectivity index (χ0v) is 12.3. The highest BCUT2D eigenvalue weighted by Gasteiger charge is 2.12. The Kier molecular flexibility index (Phi) is 10.6. The van der Waals surface area contributed by atoms with Crippen LogP contribution < -0.4 is 5.32 Å². The van der Waals surface area contributed by atoms with E-state index in [9.17, 15) is 14.7 Å². The van der Waals surface area contributed by atoms with Crippen LogP contribution in [0.15, 0.2) is 12.2 Å². The van der Waals surface area contributed by atoms with Gasteiger partial charge in [0.1, 0.15) is 0 Å². The highest BCUT2D eigenvalue weighted by atomic mass is 16.4. The number of aliphatic hydroxyl groups is 1.